The molecule has 5 aromatic rings. The van der Waals surface area contributed by atoms with Gasteiger partial charge < -0.3 is 9.84 Å². The number of amides is 1. The monoisotopic (exact) mass is 552 g/mol. The second-order valence-corrected chi connectivity index (χ2v) is 10.9. The molecular weight excluding hydrogens is 532 g/mol. The number of carboxylic acid groups (broad SMARTS) is 1. The Hall–Kier alpha value is -3.73. The number of aliphatic carboxylic acids is 1. The SMILES string of the molecule is C[C@@H](OC(=O)Nc1c(-c2cc3sc(-c4ccc(CC(=O)O)c(Cl)c4)cc3s2)nnn1C)c1ccccc1. The van der Waals surface area contributed by atoms with E-state index in [1.165, 1.54) is 16.0 Å². The Kier molecular flexibility index (Phi) is 6.96. The largest absolute Gasteiger partial charge is 0.481 e. The molecule has 11 heteroatoms. The van der Waals surface area contributed by atoms with E-state index < -0.39 is 18.2 Å². The van der Waals surface area contributed by atoms with Crippen molar-refractivity contribution >= 4 is 61.6 Å². The highest BCUT2D eigenvalue weighted by Gasteiger charge is 2.21. The molecule has 0 spiro atoms. The van der Waals surface area contributed by atoms with E-state index in [-0.39, 0.29) is 6.42 Å². The molecule has 0 bridgehead atoms. The van der Waals surface area contributed by atoms with Gasteiger partial charge in [0.1, 0.15) is 11.8 Å². The van der Waals surface area contributed by atoms with Crippen molar-refractivity contribution in [3.8, 4) is 21.0 Å². The molecule has 0 aliphatic carbocycles. The first-order valence-corrected chi connectivity index (χ1v) is 13.3. The number of fused-ring (bicyclic) bond motifs is 1. The lowest BCUT2D eigenvalue weighted by atomic mass is 10.1. The van der Waals surface area contributed by atoms with Gasteiger partial charge in [-0.05, 0) is 41.8 Å². The van der Waals surface area contributed by atoms with Gasteiger partial charge in [-0.1, -0.05) is 59.3 Å². The smallest absolute Gasteiger partial charge is 0.413 e. The molecule has 1 amide bonds. The Balaban J connectivity index is 1.35. The van der Waals surface area contributed by atoms with Gasteiger partial charge in [-0.15, -0.1) is 27.8 Å². The fourth-order valence-electron chi connectivity index (χ4n) is 3.84. The van der Waals surface area contributed by atoms with E-state index in [4.69, 9.17) is 21.4 Å². The first kappa shape index (κ1) is 24.9. The van der Waals surface area contributed by atoms with E-state index in [1.54, 1.807) is 30.5 Å². The third kappa shape index (κ3) is 5.36. The zero-order valence-corrected chi connectivity index (χ0v) is 22.2. The summed E-state index contributed by atoms with van der Waals surface area (Å²) in [6.45, 7) is 1.81. The quantitative estimate of drug-likeness (QED) is 0.225. The number of aromatic nitrogens is 3. The number of rotatable bonds is 7. The molecule has 2 N–H and O–H groups in total. The Morgan fingerprint density at radius 3 is 2.49 bits per heavy atom. The highest BCUT2D eigenvalue weighted by atomic mass is 35.5. The Morgan fingerprint density at radius 2 is 1.78 bits per heavy atom. The molecule has 3 heterocycles. The lowest BCUT2D eigenvalue weighted by Crippen LogP contribution is -2.18. The standard InChI is InChI=1S/C26H21ClN4O4S2/c1-14(15-6-4-3-5-7-15)35-26(34)28-25-24(29-30-31(25)2)22-13-21-20(37-22)12-19(36-21)17-9-8-16(11-23(32)33)18(27)10-17/h3-10,12-14H,11H2,1-2H3,(H,28,34)(H,32,33)/t14-/m1/s1. The van der Waals surface area contributed by atoms with Crippen molar-refractivity contribution in [1.82, 2.24) is 15.0 Å². The molecular formula is C26H21ClN4O4S2. The van der Waals surface area contributed by atoms with Crippen LogP contribution in [0.4, 0.5) is 10.6 Å². The first-order valence-electron chi connectivity index (χ1n) is 11.2. The molecule has 5 rings (SSSR count). The van der Waals surface area contributed by atoms with E-state index in [1.807, 2.05) is 49.4 Å². The maximum Gasteiger partial charge on any atom is 0.413 e. The third-order valence-electron chi connectivity index (χ3n) is 5.72. The summed E-state index contributed by atoms with van der Waals surface area (Å²) >= 11 is 9.44. The molecule has 37 heavy (non-hydrogen) atoms. The van der Waals surface area contributed by atoms with Gasteiger partial charge in [0.25, 0.3) is 0 Å². The second-order valence-electron chi connectivity index (χ2n) is 8.32. The molecule has 1 atom stereocenters. The number of benzene rings is 2. The van der Waals surface area contributed by atoms with Crippen LogP contribution in [-0.2, 0) is 23.0 Å². The van der Waals surface area contributed by atoms with Crippen molar-refractivity contribution in [2.24, 2.45) is 7.05 Å². The Labute approximate surface area is 225 Å². The molecule has 0 fully saturated rings. The Bertz CT molecular complexity index is 1580. The number of thiophene rings is 2. The number of carbonyl (C=O) groups is 2. The van der Waals surface area contributed by atoms with E-state index in [0.29, 0.717) is 22.1 Å². The van der Waals surface area contributed by atoms with Crippen LogP contribution in [0, 0.1) is 0 Å². The van der Waals surface area contributed by atoms with Gasteiger partial charge in [0.2, 0.25) is 0 Å². The molecule has 0 aliphatic heterocycles. The predicted molar refractivity (Wildman–Crippen MR) is 146 cm³/mol. The van der Waals surface area contributed by atoms with E-state index >= 15 is 0 Å². The molecule has 2 aromatic carbocycles. The fraction of sp³-hybridized carbons (Fsp3) is 0.154. The highest BCUT2D eigenvalue weighted by molar-refractivity contribution is 7.31. The summed E-state index contributed by atoms with van der Waals surface area (Å²) in [4.78, 5) is 25.5. The number of hydrogen-bond donors (Lipinski definition) is 2. The fourth-order valence-corrected chi connectivity index (χ4v) is 6.47. The van der Waals surface area contributed by atoms with Crippen LogP contribution in [0.5, 0.6) is 0 Å². The van der Waals surface area contributed by atoms with Crippen molar-refractivity contribution in [1.29, 1.82) is 0 Å². The average molecular weight is 553 g/mol. The molecule has 0 saturated carbocycles. The number of carbonyl (C=O) groups excluding carboxylic acids is 1. The summed E-state index contributed by atoms with van der Waals surface area (Å²) in [6.07, 6.45) is -1.12. The number of anilines is 1. The van der Waals surface area contributed by atoms with Crippen molar-refractivity contribution in [3.05, 3.63) is 76.8 Å². The van der Waals surface area contributed by atoms with Crippen LogP contribution in [-0.4, -0.2) is 32.2 Å². The summed E-state index contributed by atoms with van der Waals surface area (Å²) < 4.78 is 9.16. The first-order chi connectivity index (χ1) is 17.8. The van der Waals surface area contributed by atoms with Gasteiger partial charge in [-0.2, -0.15) is 0 Å². The van der Waals surface area contributed by atoms with Gasteiger partial charge >= 0.3 is 12.1 Å². The summed E-state index contributed by atoms with van der Waals surface area (Å²) in [5.74, 6) is -0.476. The third-order valence-corrected chi connectivity index (χ3v) is 8.42. The van der Waals surface area contributed by atoms with Gasteiger partial charge in [-0.3, -0.25) is 10.1 Å². The molecule has 3 aromatic heterocycles. The minimum atomic E-state index is -0.921. The molecule has 0 saturated heterocycles. The summed E-state index contributed by atoms with van der Waals surface area (Å²) in [7, 11) is 1.71. The van der Waals surface area contributed by atoms with Gasteiger partial charge in [0, 0.05) is 26.3 Å². The highest BCUT2D eigenvalue weighted by Crippen LogP contribution is 2.43. The van der Waals surface area contributed by atoms with Crippen LogP contribution in [0.2, 0.25) is 5.02 Å². The number of ether oxygens (including phenoxy) is 1. The second kappa shape index (κ2) is 10.3. The van der Waals surface area contributed by atoms with E-state index in [0.717, 1.165) is 30.3 Å². The van der Waals surface area contributed by atoms with Crippen LogP contribution in [0.3, 0.4) is 0 Å². The normalized spacial score (nSPS) is 12.0. The molecule has 188 valence electrons. The Morgan fingerprint density at radius 1 is 1.08 bits per heavy atom. The van der Waals surface area contributed by atoms with Crippen molar-refractivity contribution in [3.63, 3.8) is 0 Å². The molecule has 0 unspecified atom stereocenters. The number of carboxylic acids is 1. The zero-order valence-electron chi connectivity index (χ0n) is 19.8. The number of hydrogen-bond acceptors (Lipinski definition) is 7. The van der Waals surface area contributed by atoms with Gasteiger partial charge in [0.15, 0.2) is 5.82 Å². The van der Waals surface area contributed by atoms with Crippen molar-refractivity contribution < 1.29 is 19.4 Å². The number of nitrogens with one attached hydrogen (secondary N) is 1. The van der Waals surface area contributed by atoms with Crippen LogP contribution >= 0.6 is 34.3 Å². The maximum absolute atomic E-state index is 12.6. The van der Waals surface area contributed by atoms with Crippen LogP contribution < -0.4 is 5.32 Å². The van der Waals surface area contributed by atoms with Crippen LogP contribution in [0.15, 0.2) is 60.7 Å². The summed E-state index contributed by atoms with van der Waals surface area (Å²) in [6, 6.07) is 19.0. The lowest BCUT2D eigenvalue weighted by molar-refractivity contribution is -0.136. The average Bonchev–Trinajstić information content (AvgIpc) is 3.54. The number of nitrogens with zero attached hydrogens (tertiary/aromatic N) is 3. The summed E-state index contributed by atoms with van der Waals surface area (Å²) in [5, 5.41) is 20.6. The van der Waals surface area contributed by atoms with E-state index in [9.17, 15) is 9.59 Å². The molecule has 0 radical (unpaired) electrons. The zero-order chi connectivity index (χ0) is 26.1. The van der Waals surface area contributed by atoms with Crippen LogP contribution in [0.25, 0.3) is 30.4 Å². The van der Waals surface area contributed by atoms with Gasteiger partial charge in [-0.25, -0.2) is 9.48 Å². The minimum absolute atomic E-state index is 0.116. The number of aryl methyl sites for hydroxylation is 1. The number of halogens is 1. The van der Waals surface area contributed by atoms with Gasteiger partial charge in [0.05, 0.1) is 11.3 Å². The topological polar surface area (TPSA) is 106 Å². The molecule has 0 aliphatic rings. The predicted octanol–water partition coefficient (Wildman–Crippen LogP) is 7.02. The maximum atomic E-state index is 12.6. The van der Waals surface area contributed by atoms with E-state index in [2.05, 4.69) is 21.7 Å². The van der Waals surface area contributed by atoms with Crippen molar-refractivity contribution in [2.45, 2.75) is 19.4 Å². The van der Waals surface area contributed by atoms with Crippen LogP contribution in [0.1, 0.15) is 24.2 Å². The van der Waals surface area contributed by atoms with Crippen molar-refractivity contribution in [2.75, 3.05) is 5.32 Å². The lowest BCUT2D eigenvalue weighted by Gasteiger charge is -2.14. The summed E-state index contributed by atoms with van der Waals surface area (Å²) in [5.41, 5.74) is 2.96. The molecule has 8 nitrogen and oxygen atoms in total. The minimum Gasteiger partial charge on any atom is -0.481 e.